The van der Waals surface area contributed by atoms with Crippen molar-refractivity contribution >= 4 is 10.9 Å². The van der Waals surface area contributed by atoms with Gasteiger partial charge in [-0.05, 0) is 57.6 Å². The highest BCUT2D eigenvalue weighted by molar-refractivity contribution is 5.97. The zero-order valence-corrected chi connectivity index (χ0v) is 16.7. The molecule has 0 spiro atoms. The first-order chi connectivity index (χ1) is 13.4. The maximum Gasteiger partial charge on any atom is 0.0746 e. The molecule has 2 aromatic carbocycles. The Labute approximate surface area is 165 Å². The van der Waals surface area contributed by atoms with Gasteiger partial charge in [0.25, 0.3) is 0 Å². The van der Waals surface area contributed by atoms with Gasteiger partial charge in [0.15, 0.2) is 0 Å². The fourth-order valence-electron chi connectivity index (χ4n) is 5.50. The van der Waals surface area contributed by atoms with E-state index in [-0.39, 0.29) is 10.8 Å². The number of fused-ring (bicyclic) bond motifs is 8. The Balaban J connectivity index is 1.77. The summed E-state index contributed by atoms with van der Waals surface area (Å²) in [6.45, 7) is 9.36. The van der Waals surface area contributed by atoms with Gasteiger partial charge in [0.1, 0.15) is 0 Å². The van der Waals surface area contributed by atoms with Crippen LogP contribution < -0.4 is 0 Å². The van der Waals surface area contributed by atoms with E-state index >= 15 is 0 Å². The molecule has 0 amide bonds. The van der Waals surface area contributed by atoms with Crippen molar-refractivity contribution < 1.29 is 0 Å². The van der Waals surface area contributed by atoms with Crippen molar-refractivity contribution in [1.82, 2.24) is 9.97 Å². The number of hydrogen-bond acceptors (Lipinski definition) is 2. The highest BCUT2D eigenvalue weighted by atomic mass is 14.7. The Bertz CT molecular complexity index is 1310. The Hall–Kier alpha value is -3.00. The minimum absolute atomic E-state index is 0.0380. The van der Waals surface area contributed by atoms with Gasteiger partial charge in [0.2, 0.25) is 0 Å². The van der Waals surface area contributed by atoms with Crippen molar-refractivity contribution in [3.63, 3.8) is 0 Å². The van der Waals surface area contributed by atoms with Crippen molar-refractivity contribution in [2.24, 2.45) is 0 Å². The van der Waals surface area contributed by atoms with Gasteiger partial charge < -0.3 is 0 Å². The average Bonchev–Trinajstić information content (AvgIpc) is 3.06. The molecular formula is C26H22N2. The van der Waals surface area contributed by atoms with Gasteiger partial charge in [0.05, 0.1) is 11.2 Å². The number of hydrogen-bond donors (Lipinski definition) is 0. The predicted octanol–water partition coefficient (Wildman–Crippen LogP) is 6.24. The molecule has 28 heavy (non-hydrogen) atoms. The zero-order valence-electron chi connectivity index (χ0n) is 16.7. The molecule has 0 fully saturated rings. The molecule has 2 heteroatoms. The molecule has 0 saturated carbocycles. The van der Waals surface area contributed by atoms with Gasteiger partial charge in [-0.3, -0.25) is 9.97 Å². The monoisotopic (exact) mass is 362 g/mol. The molecule has 2 heterocycles. The number of nitrogens with zero attached hydrogens (tertiary/aromatic N) is 2. The molecule has 0 aliphatic heterocycles. The quantitative estimate of drug-likeness (QED) is 0.370. The first-order valence-electron chi connectivity index (χ1n) is 9.94. The summed E-state index contributed by atoms with van der Waals surface area (Å²) in [7, 11) is 0. The van der Waals surface area contributed by atoms with E-state index in [0.29, 0.717) is 0 Å². The molecule has 0 saturated heterocycles. The molecule has 2 aromatic heterocycles. The predicted molar refractivity (Wildman–Crippen MR) is 115 cm³/mol. The first kappa shape index (κ1) is 16.0. The Morgan fingerprint density at radius 1 is 0.679 bits per heavy atom. The average molecular weight is 362 g/mol. The molecular weight excluding hydrogens is 340 g/mol. The van der Waals surface area contributed by atoms with E-state index in [0.717, 1.165) is 11.2 Å². The third-order valence-corrected chi connectivity index (χ3v) is 6.92. The lowest BCUT2D eigenvalue weighted by Gasteiger charge is -2.25. The van der Waals surface area contributed by atoms with Crippen molar-refractivity contribution in [3.8, 4) is 22.4 Å². The van der Waals surface area contributed by atoms with Crippen LogP contribution in [0.3, 0.4) is 0 Å². The van der Waals surface area contributed by atoms with E-state index in [1.807, 2.05) is 18.5 Å². The first-order valence-corrected chi connectivity index (χ1v) is 9.94. The molecule has 2 aliphatic rings. The zero-order chi connectivity index (χ0) is 19.3. The molecule has 0 radical (unpaired) electrons. The smallest absolute Gasteiger partial charge is 0.0746 e. The number of rotatable bonds is 0. The Kier molecular flexibility index (Phi) is 2.79. The summed E-state index contributed by atoms with van der Waals surface area (Å²) in [5, 5.41) is 1.20. The maximum absolute atomic E-state index is 4.75. The molecule has 6 rings (SSSR count). The Morgan fingerprint density at radius 2 is 1.46 bits per heavy atom. The standard InChI is InChI=1S/C26H22N2/c1-25(2)18-10-9-16-23(26(3,4)19-8-6-12-28-24(16)19)22(18)17-13-15-7-5-11-27-21(15)14-20(17)25/h5-14H,1-4H3. The van der Waals surface area contributed by atoms with Crippen LogP contribution in [0.4, 0.5) is 0 Å². The topological polar surface area (TPSA) is 25.8 Å². The van der Waals surface area contributed by atoms with E-state index in [1.54, 1.807) is 0 Å². The van der Waals surface area contributed by atoms with Crippen molar-refractivity contribution in [3.05, 3.63) is 83.2 Å². The van der Waals surface area contributed by atoms with Crippen LogP contribution in [-0.2, 0) is 10.8 Å². The van der Waals surface area contributed by atoms with Gasteiger partial charge in [-0.25, -0.2) is 0 Å². The molecule has 2 nitrogen and oxygen atoms in total. The van der Waals surface area contributed by atoms with Gasteiger partial charge in [-0.1, -0.05) is 52.0 Å². The van der Waals surface area contributed by atoms with E-state index < -0.39 is 0 Å². The maximum atomic E-state index is 4.75. The molecule has 0 atom stereocenters. The molecule has 4 aromatic rings. The van der Waals surface area contributed by atoms with Crippen LogP contribution in [0.5, 0.6) is 0 Å². The van der Waals surface area contributed by atoms with Crippen LogP contribution in [-0.4, -0.2) is 9.97 Å². The summed E-state index contributed by atoms with van der Waals surface area (Å²) in [6, 6.07) is 17.7. The van der Waals surface area contributed by atoms with Crippen LogP contribution in [0.15, 0.2) is 60.9 Å². The lowest BCUT2D eigenvalue weighted by Crippen LogP contribution is -2.18. The second-order valence-electron chi connectivity index (χ2n) is 9.15. The summed E-state index contributed by atoms with van der Waals surface area (Å²) in [5.41, 5.74) is 11.7. The van der Waals surface area contributed by atoms with E-state index in [2.05, 4.69) is 75.1 Å². The largest absolute Gasteiger partial charge is 0.256 e. The van der Waals surface area contributed by atoms with E-state index in [9.17, 15) is 0 Å². The van der Waals surface area contributed by atoms with Crippen LogP contribution in [0.1, 0.15) is 49.9 Å². The van der Waals surface area contributed by atoms with Crippen molar-refractivity contribution in [2.75, 3.05) is 0 Å². The molecule has 136 valence electrons. The van der Waals surface area contributed by atoms with E-state index in [1.165, 1.54) is 44.3 Å². The number of benzene rings is 2. The fraction of sp³-hybridized carbons (Fsp3) is 0.231. The van der Waals surface area contributed by atoms with Crippen LogP contribution >= 0.6 is 0 Å². The van der Waals surface area contributed by atoms with Crippen LogP contribution in [0.25, 0.3) is 33.3 Å². The van der Waals surface area contributed by atoms with Gasteiger partial charge >= 0.3 is 0 Å². The second-order valence-corrected chi connectivity index (χ2v) is 9.15. The van der Waals surface area contributed by atoms with Crippen molar-refractivity contribution in [1.29, 1.82) is 0 Å². The second kappa shape index (κ2) is 4.88. The lowest BCUT2D eigenvalue weighted by atomic mass is 9.77. The minimum Gasteiger partial charge on any atom is -0.256 e. The molecule has 0 N–H and O–H groups in total. The van der Waals surface area contributed by atoms with Crippen molar-refractivity contribution in [2.45, 2.75) is 38.5 Å². The summed E-state index contributed by atoms with van der Waals surface area (Å²) >= 11 is 0. The highest BCUT2D eigenvalue weighted by Gasteiger charge is 2.45. The minimum atomic E-state index is -0.0636. The summed E-state index contributed by atoms with van der Waals surface area (Å²) in [5.74, 6) is 0. The van der Waals surface area contributed by atoms with Gasteiger partial charge in [-0.2, -0.15) is 0 Å². The summed E-state index contributed by atoms with van der Waals surface area (Å²) in [6.07, 6.45) is 3.79. The van der Waals surface area contributed by atoms with Crippen LogP contribution in [0.2, 0.25) is 0 Å². The fourth-order valence-corrected chi connectivity index (χ4v) is 5.50. The molecule has 0 bridgehead atoms. The number of aromatic nitrogens is 2. The van der Waals surface area contributed by atoms with E-state index in [4.69, 9.17) is 4.98 Å². The SMILES string of the molecule is CC1(C)c2cc3ncccc3cc2-c2c1ccc1c2C(C)(C)c2cccnc2-1. The third-order valence-electron chi connectivity index (χ3n) is 6.92. The normalized spacial score (nSPS) is 17.1. The molecule has 0 unspecified atom stereocenters. The summed E-state index contributed by atoms with van der Waals surface area (Å²) < 4.78 is 0. The van der Waals surface area contributed by atoms with Gasteiger partial charge in [0, 0.05) is 34.2 Å². The third kappa shape index (κ3) is 1.74. The van der Waals surface area contributed by atoms with Crippen LogP contribution in [0, 0.1) is 0 Å². The molecule has 2 aliphatic carbocycles. The Morgan fingerprint density at radius 3 is 2.32 bits per heavy atom. The lowest BCUT2D eigenvalue weighted by molar-refractivity contribution is 0.647. The van der Waals surface area contributed by atoms with Gasteiger partial charge in [-0.15, -0.1) is 0 Å². The number of pyridine rings is 2. The highest BCUT2D eigenvalue weighted by Crippen LogP contribution is 2.58. The summed E-state index contributed by atoms with van der Waals surface area (Å²) in [4.78, 5) is 9.36.